The number of nitrogens with one attached hydrogen (secondary N) is 2. The first-order chi connectivity index (χ1) is 13.7. The lowest BCUT2D eigenvalue weighted by atomic mass is 10.2. The quantitative estimate of drug-likeness (QED) is 0.583. The zero-order valence-corrected chi connectivity index (χ0v) is 15.9. The number of ether oxygens (including phenoxy) is 1. The van der Waals surface area contributed by atoms with Crippen LogP contribution in [0, 0.1) is 0 Å². The molecule has 0 saturated heterocycles. The Bertz CT molecular complexity index is 954. The third-order valence-corrected chi connectivity index (χ3v) is 4.63. The second kappa shape index (κ2) is 8.31. The maximum atomic E-state index is 12.5. The lowest BCUT2D eigenvalue weighted by molar-refractivity contribution is 0.102. The van der Waals surface area contributed by atoms with Crippen molar-refractivity contribution in [2.45, 2.75) is 25.5 Å². The van der Waals surface area contributed by atoms with Gasteiger partial charge in [0.25, 0.3) is 5.91 Å². The van der Waals surface area contributed by atoms with E-state index in [1.54, 1.807) is 18.3 Å². The van der Waals surface area contributed by atoms with E-state index < -0.39 is 0 Å². The summed E-state index contributed by atoms with van der Waals surface area (Å²) in [6.07, 6.45) is 3.96. The molecule has 0 aliphatic heterocycles. The molecule has 2 aromatic carbocycles. The summed E-state index contributed by atoms with van der Waals surface area (Å²) in [6, 6.07) is 18.8. The van der Waals surface area contributed by atoms with Crippen LogP contribution in [-0.2, 0) is 6.61 Å². The molecule has 1 saturated carbocycles. The van der Waals surface area contributed by atoms with E-state index in [1.807, 2.05) is 48.5 Å². The summed E-state index contributed by atoms with van der Waals surface area (Å²) in [5, 5.41) is 6.90. The van der Waals surface area contributed by atoms with E-state index in [-0.39, 0.29) is 5.91 Å². The number of nitrogens with zero attached hydrogens (tertiary/aromatic N) is 1. The molecule has 0 unspecified atom stereocenters. The van der Waals surface area contributed by atoms with Gasteiger partial charge in [-0.15, -0.1) is 0 Å². The molecule has 3 aromatic rings. The van der Waals surface area contributed by atoms with E-state index in [2.05, 4.69) is 15.6 Å². The van der Waals surface area contributed by atoms with Gasteiger partial charge in [0.05, 0.1) is 0 Å². The summed E-state index contributed by atoms with van der Waals surface area (Å²) < 4.78 is 5.76. The van der Waals surface area contributed by atoms with Crippen LogP contribution in [0.2, 0.25) is 5.02 Å². The number of amides is 1. The fraction of sp³-hybridized carbons (Fsp3) is 0.182. The largest absolute Gasteiger partial charge is 0.489 e. The van der Waals surface area contributed by atoms with Crippen LogP contribution in [-0.4, -0.2) is 16.9 Å². The van der Waals surface area contributed by atoms with E-state index >= 15 is 0 Å². The fourth-order valence-corrected chi connectivity index (χ4v) is 2.80. The third kappa shape index (κ3) is 5.02. The average molecular weight is 394 g/mol. The summed E-state index contributed by atoms with van der Waals surface area (Å²) in [4.78, 5) is 16.7. The van der Waals surface area contributed by atoms with Crippen LogP contribution in [0.5, 0.6) is 5.75 Å². The molecule has 28 heavy (non-hydrogen) atoms. The first-order valence-corrected chi connectivity index (χ1v) is 9.55. The summed E-state index contributed by atoms with van der Waals surface area (Å²) in [7, 11) is 0. The molecule has 0 spiro atoms. The summed E-state index contributed by atoms with van der Waals surface area (Å²) in [5.74, 6) is 1.30. The number of benzene rings is 2. The van der Waals surface area contributed by atoms with Crippen molar-refractivity contribution in [3.05, 3.63) is 83.0 Å². The van der Waals surface area contributed by atoms with Crippen LogP contribution in [0.3, 0.4) is 0 Å². The molecule has 4 rings (SSSR count). The highest BCUT2D eigenvalue weighted by molar-refractivity contribution is 6.30. The number of pyridine rings is 1. The zero-order valence-electron chi connectivity index (χ0n) is 15.2. The molecular formula is C22H20ClN3O2. The van der Waals surface area contributed by atoms with Gasteiger partial charge in [0.2, 0.25) is 0 Å². The van der Waals surface area contributed by atoms with Crippen molar-refractivity contribution in [1.29, 1.82) is 0 Å². The van der Waals surface area contributed by atoms with Gasteiger partial charge in [-0.05, 0) is 66.9 Å². The predicted octanol–water partition coefficient (Wildman–Crippen LogP) is 5.14. The minimum Gasteiger partial charge on any atom is -0.489 e. The van der Waals surface area contributed by atoms with Gasteiger partial charge in [0, 0.05) is 28.5 Å². The molecule has 5 nitrogen and oxygen atoms in total. The predicted molar refractivity (Wildman–Crippen MR) is 111 cm³/mol. The maximum Gasteiger partial charge on any atom is 0.255 e. The number of hydrogen-bond acceptors (Lipinski definition) is 4. The standard InChI is InChI=1S/C22H20ClN3O2/c23-17-3-1-15(2-4-17)14-28-20-9-7-19(8-10-20)26-22(27)16-11-12-24-21(13-16)25-18-5-6-18/h1-4,7-13,18H,5-6,14H2,(H,24,25)(H,26,27). The van der Waals surface area contributed by atoms with Crippen LogP contribution in [0.4, 0.5) is 11.5 Å². The van der Waals surface area contributed by atoms with Crippen molar-refractivity contribution in [3.63, 3.8) is 0 Å². The molecule has 0 radical (unpaired) electrons. The molecule has 0 atom stereocenters. The van der Waals surface area contributed by atoms with E-state index in [9.17, 15) is 4.79 Å². The highest BCUT2D eigenvalue weighted by Gasteiger charge is 2.21. The molecule has 0 bridgehead atoms. The third-order valence-electron chi connectivity index (χ3n) is 4.38. The summed E-state index contributed by atoms with van der Waals surface area (Å²) in [6.45, 7) is 0.455. The maximum absolute atomic E-state index is 12.5. The van der Waals surface area contributed by atoms with Crippen LogP contribution < -0.4 is 15.4 Å². The number of carbonyl (C=O) groups excluding carboxylic acids is 1. The van der Waals surface area contributed by atoms with Gasteiger partial charge in [0.1, 0.15) is 18.2 Å². The normalized spacial score (nSPS) is 13.0. The number of aromatic nitrogens is 1. The van der Waals surface area contributed by atoms with Gasteiger partial charge in [-0.25, -0.2) is 4.98 Å². The minimum absolute atomic E-state index is 0.170. The lowest BCUT2D eigenvalue weighted by Crippen LogP contribution is -2.13. The van der Waals surface area contributed by atoms with Crippen molar-refractivity contribution >= 4 is 29.0 Å². The van der Waals surface area contributed by atoms with Gasteiger partial charge >= 0.3 is 0 Å². The molecule has 1 amide bonds. The number of halogens is 1. The fourth-order valence-electron chi connectivity index (χ4n) is 2.67. The zero-order chi connectivity index (χ0) is 19.3. The van der Waals surface area contributed by atoms with Crippen LogP contribution in [0.25, 0.3) is 0 Å². The Hall–Kier alpha value is -3.05. The van der Waals surface area contributed by atoms with Gasteiger partial charge in [-0.3, -0.25) is 4.79 Å². The molecular weight excluding hydrogens is 374 g/mol. The monoisotopic (exact) mass is 393 g/mol. The highest BCUT2D eigenvalue weighted by atomic mass is 35.5. The number of rotatable bonds is 7. The van der Waals surface area contributed by atoms with Gasteiger partial charge in [-0.2, -0.15) is 0 Å². The van der Waals surface area contributed by atoms with Crippen molar-refractivity contribution in [2.75, 3.05) is 10.6 Å². The molecule has 1 heterocycles. The van der Waals surface area contributed by atoms with E-state index in [4.69, 9.17) is 16.3 Å². The molecule has 2 N–H and O–H groups in total. The Morgan fingerprint density at radius 2 is 1.82 bits per heavy atom. The molecule has 1 aliphatic carbocycles. The lowest BCUT2D eigenvalue weighted by Gasteiger charge is -2.09. The van der Waals surface area contributed by atoms with Crippen LogP contribution in [0.15, 0.2) is 66.9 Å². The SMILES string of the molecule is O=C(Nc1ccc(OCc2ccc(Cl)cc2)cc1)c1ccnc(NC2CC2)c1. The van der Waals surface area contributed by atoms with Crippen LogP contribution >= 0.6 is 11.6 Å². The number of anilines is 2. The first-order valence-electron chi connectivity index (χ1n) is 9.17. The van der Waals surface area contributed by atoms with Crippen molar-refractivity contribution in [3.8, 4) is 5.75 Å². The Balaban J connectivity index is 1.33. The van der Waals surface area contributed by atoms with Crippen molar-refractivity contribution in [1.82, 2.24) is 4.98 Å². The smallest absolute Gasteiger partial charge is 0.255 e. The molecule has 1 fully saturated rings. The first kappa shape index (κ1) is 18.3. The van der Waals surface area contributed by atoms with E-state index in [0.717, 1.165) is 30.0 Å². The van der Waals surface area contributed by atoms with Crippen molar-refractivity contribution in [2.24, 2.45) is 0 Å². The summed E-state index contributed by atoms with van der Waals surface area (Å²) in [5.41, 5.74) is 2.31. The van der Waals surface area contributed by atoms with E-state index in [1.165, 1.54) is 0 Å². The Morgan fingerprint density at radius 1 is 1.07 bits per heavy atom. The van der Waals surface area contributed by atoms with Gasteiger partial charge in [0.15, 0.2) is 0 Å². The molecule has 142 valence electrons. The molecule has 1 aliphatic rings. The Kier molecular flexibility index (Phi) is 5.44. The van der Waals surface area contributed by atoms with Gasteiger partial charge in [-0.1, -0.05) is 23.7 Å². The highest BCUT2D eigenvalue weighted by Crippen LogP contribution is 2.24. The Morgan fingerprint density at radius 3 is 2.54 bits per heavy atom. The summed E-state index contributed by atoms with van der Waals surface area (Å²) >= 11 is 5.88. The second-order valence-electron chi connectivity index (χ2n) is 6.74. The van der Waals surface area contributed by atoms with E-state index in [0.29, 0.717) is 28.9 Å². The topological polar surface area (TPSA) is 63.2 Å². The van der Waals surface area contributed by atoms with Crippen molar-refractivity contribution < 1.29 is 9.53 Å². The second-order valence-corrected chi connectivity index (χ2v) is 7.18. The number of hydrogen-bond donors (Lipinski definition) is 2. The minimum atomic E-state index is -0.170. The van der Waals surface area contributed by atoms with Gasteiger partial charge < -0.3 is 15.4 Å². The molecule has 1 aromatic heterocycles. The molecule has 6 heteroatoms. The van der Waals surface area contributed by atoms with Crippen LogP contribution in [0.1, 0.15) is 28.8 Å². The number of carbonyl (C=O) groups is 1. The Labute approximate surface area is 168 Å². The average Bonchev–Trinajstić information content (AvgIpc) is 3.53.